The molecule has 1 saturated carbocycles. The van der Waals surface area contributed by atoms with E-state index in [1.807, 2.05) is 18.2 Å². The van der Waals surface area contributed by atoms with Crippen molar-refractivity contribution >= 4 is 11.8 Å². The second-order valence-electron chi connectivity index (χ2n) is 4.28. The fourth-order valence-corrected chi connectivity index (χ4v) is 2.28. The van der Waals surface area contributed by atoms with Crippen LogP contribution >= 0.6 is 0 Å². The lowest BCUT2D eigenvalue weighted by molar-refractivity contribution is -0.150. The molecular formula is C13H15NO3. The Morgan fingerprint density at radius 2 is 2.24 bits per heavy atom. The molecule has 2 rings (SSSR count). The van der Waals surface area contributed by atoms with Crippen LogP contribution in [0, 0.1) is 5.92 Å². The maximum Gasteiger partial charge on any atom is 0.316 e. The predicted molar refractivity (Wildman–Crippen MR) is 61.3 cm³/mol. The first-order valence-corrected chi connectivity index (χ1v) is 5.74. The van der Waals surface area contributed by atoms with Crippen LogP contribution in [0.1, 0.15) is 30.9 Å². The Balaban J connectivity index is 2.05. The van der Waals surface area contributed by atoms with Crippen LogP contribution in [0.25, 0.3) is 0 Å². The number of ether oxygens (including phenoxy) is 1. The summed E-state index contributed by atoms with van der Waals surface area (Å²) in [6.45, 7) is 0. The van der Waals surface area contributed by atoms with Gasteiger partial charge in [0.25, 0.3) is 0 Å². The van der Waals surface area contributed by atoms with Crippen molar-refractivity contribution in [3.8, 4) is 0 Å². The minimum Gasteiger partial charge on any atom is -0.468 e. The lowest BCUT2D eigenvalue weighted by Crippen LogP contribution is -2.31. The largest absolute Gasteiger partial charge is 0.468 e. The zero-order chi connectivity index (χ0) is 12.3. The fraction of sp³-hybridized carbons (Fsp3) is 0.462. The van der Waals surface area contributed by atoms with Gasteiger partial charge in [0.05, 0.1) is 7.11 Å². The van der Waals surface area contributed by atoms with Crippen molar-refractivity contribution in [1.29, 1.82) is 0 Å². The highest BCUT2D eigenvalue weighted by Gasteiger charge is 2.34. The van der Waals surface area contributed by atoms with Crippen LogP contribution in [0.2, 0.25) is 0 Å². The van der Waals surface area contributed by atoms with Gasteiger partial charge in [0.15, 0.2) is 0 Å². The summed E-state index contributed by atoms with van der Waals surface area (Å²) in [4.78, 5) is 27.5. The van der Waals surface area contributed by atoms with Crippen molar-refractivity contribution in [3.05, 3.63) is 30.1 Å². The number of carbonyl (C=O) groups excluding carboxylic acids is 2. The molecule has 1 aromatic rings. The van der Waals surface area contributed by atoms with Crippen molar-refractivity contribution in [2.24, 2.45) is 5.92 Å². The summed E-state index contributed by atoms with van der Waals surface area (Å²) in [6, 6.07) is 5.70. The van der Waals surface area contributed by atoms with Crippen LogP contribution < -0.4 is 0 Å². The lowest BCUT2D eigenvalue weighted by Gasteiger charge is -2.25. The van der Waals surface area contributed by atoms with Gasteiger partial charge in [-0.05, 0) is 25.0 Å². The molecule has 17 heavy (non-hydrogen) atoms. The van der Waals surface area contributed by atoms with Gasteiger partial charge < -0.3 is 4.74 Å². The molecule has 1 heterocycles. The predicted octanol–water partition coefficient (Wildman–Crippen LogP) is 1.71. The fourth-order valence-electron chi connectivity index (χ4n) is 2.28. The standard InChI is InChI=1S/C13H15NO3/c1-17-13(16)10-6-5-9(8-12(10)15)11-4-2-3-7-14-11/h2-4,7,9-10H,5-6,8H2,1H3. The van der Waals surface area contributed by atoms with E-state index >= 15 is 0 Å². The van der Waals surface area contributed by atoms with Gasteiger partial charge in [-0.15, -0.1) is 0 Å². The van der Waals surface area contributed by atoms with Gasteiger partial charge in [-0.1, -0.05) is 6.07 Å². The van der Waals surface area contributed by atoms with E-state index in [1.165, 1.54) is 7.11 Å². The molecule has 0 bridgehead atoms. The maximum absolute atomic E-state index is 11.8. The quantitative estimate of drug-likeness (QED) is 0.576. The summed E-state index contributed by atoms with van der Waals surface area (Å²) < 4.78 is 4.63. The van der Waals surface area contributed by atoms with E-state index in [-0.39, 0.29) is 11.7 Å². The van der Waals surface area contributed by atoms with Crippen molar-refractivity contribution in [3.63, 3.8) is 0 Å². The molecule has 0 saturated heterocycles. The second kappa shape index (κ2) is 5.08. The number of esters is 1. The van der Waals surface area contributed by atoms with Crippen LogP contribution in [0.15, 0.2) is 24.4 Å². The van der Waals surface area contributed by atoms with E-state index in [1.54, 1.807) is 6.20 Å². The Kier molecular flexibility index (Phi) is 3.52. The van der Waals surface area contributed by atoms with Gasteiger partial charge >= 0.3 is 5.97 Å². The molecule has 0 N–H and O–H groups in total. The Hall–Kier alpha value is -1.71. The summed E-state index contributed by atoms with van der Waals surface area (Å²) in [5, 5.41) is 0. The Bertz CT molecular complexity index is 416. The number of carbonyl (C=O) groups is 2. The van der Waals surface area contributed by atoms with Crippen molar-refractivity contribution in [1.82, 2.24) is 4.98 Å². The summed E-state index contributed by atoms with van der Waals surface area (Å²) >= 11 is 0. The van der Waals surface area contributed by atoms with E-state index in [4.69, 9.17) is 0 Å². The first-order chi connectivity index (χ1) is 8.22. The molecule has 90 valence electrons. The summed E-state index contributed by atoms with van der Waals surface area (Å²) in [5.41, 5.74) is 0.934. The summed E-state index contributed by atoms with van der Waals surface area (Å²) in [6.07, 6.45) is 3.48. The first-order valence-electron chi connectivity index (χ1n) is 5.74. The third kappa shape index (κ3) is 2.52. The summed E-state index contributed by atoms with van der Waals surface area (Å²) in [7, 11) is 1.32. The van der Waals surface area contributed by atoms with Gasteiger partial charge in [0.2, 0.25) is 0 Å². The molecule has 1 aromatic heterocycles. The number of hydrogen-bond donors (Lipinski definition) is 0. The minimum atomic E-state index is -0.569. The van der Waals surface area contributed by atoms with E-state index in [2.05, 4.69) is 9.72 Å². The maximum atomic E-state index is 11.8. The van der Waals surface area contributed by atoms with Gasteiger partial charge in [-0.25, -0.2) is 0 Å². The van der Waals surface area contributed by atoms with E-state index in [0.717, 1.165) is 12.1 Å². The Labute approximate surface area is 100 Å². The van der Waals surface area contributed by atoms with Crippen molar-refractivity contribution < 1.29 is 14.3 Å². The van der Waals surface area contributed by atoms with Crippen LogP contribution in [0.5, 0.6) is 0 Å². The highest BCUT2D eigenvalue weighted by Crippen LogP contribution is 2.33. The highest BCUT2D eigenvalue weighted by molar-refractivity contribution is 5.99. The SMILES string of the molecule is COC(=O)C1CCC(c2ccccn2)CC1=O. The molecule has 1 aliphatic carbocycles. The number of ketones is 1. The third-order valence-electron chi connectivity index (χ3n) is 3.23. The van der Waals surface area contributed by atoms with Gasteiger partial charge in [0, 0.05) is 24.2 Å². The van der Waals surface area contributed by atoms with Gasteiger partial charge in [-0.2, -0.15) is 0 Å². The first kappa shape index (κ1) is 11.8. The van der Waals surface area contributed by atoms with Crippen LogP contribution in [-0.2, 0) is 14.3 Å². The number of hydrogen-bond acceptors (Lipinski definition) is 4. The molecule has 0 spiro atoms. The molecule has 1 fully saturated rings. The van der Waals surface area contributed by atoms with Crippen LogP contribution in [0.4, 0.5) is 0 Å². The van der Waals surface area contributed by atoms with Crippen LogP contribution in [-0.4, -0.2) is 23.8 Å². The number of pyridine rings is 1. The average molecular weight is 233 g/mol. The number of rotatable bonds is 2. The van der Waals surface area contributed by atoms with Crippen LogP contribution in [0.3, 0.4) is 0 Å². The molecule has 4 nitrogen and oxygen atoms in total. The topological polar surface area (TPSA) is 56.3 Å². The lowest BCUT2D eigenvalue weighted by atomic mass is 9.79. The molecule has 0 amide bonds. The molecule has 1 aliphatic rings. The Morgan fingerprint density at radius 1 is 1.41 bits per heavy atom. The normalized spacial score (nSPS) is 24.4. The number of nitrogens with zero attached hydrogens (tertiary/aromatic N) is 1. The van der Waals surface area contributed by atoms with Crippen molar-refractivity contribution in [2.45, 2.75) is 25.2 Å². The van der Waals surface area contributed by atoms with E-state index in [9.17, 15) is 9.59 Å². The molecule has 0 radical (unpaired) electrons. The highest BCUT2D eigenvalue weighted by atomic mass is 16.5. The third-order valence-corrected chi connectivity index (χ3v) is 3.23. The van der Waals surface area contributed by atoms with E-state index in [0.29, 0.717) is 12.8 Å². The number of Topliss-reactive ketones (excluding diaryl/α,β-unsaturated/α-hetero) is 1. The molecule has 2 unspecified atom stereocenters. The zero-order valence-corrected chi connectivity index (χ0v) is 9.76. The smallest absolute Gasteiger partial charge is 0.316 e. The molecule has 0 aliphatic heterocycles. The molecule has 0 aromatic carbocycles. The second-order valence-corrected chi connectivity index (χ2v) is 4.28. The number of methoxy groups -OCH3 is 1. The monoisotopic (exact) mass is 233 g/mol. The zero-order valence-electron chi connectivity index (χ0n) is 9.76. The average Bonchev–Trinajstić information content (AvgIpc) is 2.39. The van der Waals surface area contributed by atoms with Crippen molar-refractivity contribution in [2.75, 3.05) is 7.11 Å². The van der Waals surface area contributed by atoms with Gasteiger partial charge in [0.1, 0.15) is 11.7 Å². The van der Waals surface area contributed by atoms with E-state index < -0.39 is 11.9 Å². The molecular weight excluding hydrogens is 218 g/mol. The molecule has 2 atom stereocenters. The summed E-state index contributed by atoms with van der Waals surface area (Å²) in [5.74, 6) is -0.863. The number of aromatic nitrogens is 1. The van der Waals surface area contributed by atoms with Gasteiger partial charge in [-0.3, -0.25) is 14.6 Å². The Morgan fingerprint density at radius 3 is 2.82 bits per heavy atom. The minimum absolute atomic E-state index is 0.0289. The molecule has 4 heteroatoms.